The SMILES string of the molecule is C[NH2+]c1cc(Cl)nc(Cl)c1. The monoisotopic (exact) mass is 177 g/mol. The fourth-order valence-electron chi connectivity index (χ4n) is 0.650. The summed E-state index contributed by atoms with van der Waals surface area (Å²) in [5.41, 5.74) is 0.991. The summed E-state index contributed by atoms with van der Waals surface area (Å²) in [6.45, 7) is 0. The summed E-state index contributed by atoms with van der Waals surface area (Å²) in [5, 5.41) is 2.78. The van der Waals surface area contributed by atoms with Gasteiger partial charge in [0.1, 0.15) is 16.0 Å². The van der Waals surface area contributed by atoms with Crippen LogP contribution < -0.4 is 5.32 Å². The van der Waals surface area contributed by atoms with Gasteiger partial charge in [0.15, 0.2) is 0 Å². The molecule has 0 saturated heterocycles. The normalized spacial score (nSPS) is 9.90. The lowest BCUT2D eigenvalue weighted by molar-refractivity contribution is -0.539. The summed E-state index contributed by atoms with van der Waals surface area (Å²) < 4.78 is 0. The Morgan fingerprint density at radius 3 is 2.20 bits per heavy atom. The molecule has 1 rings (SSSR count). The number of hydrogen-bond acceptors (Lipinski definition) is 1. The van der Waals surface area contributed by atoms with Gasteiger partial charge in [-0.25, -0.2) is 4.98 Å². The van der Waals surface area contributed by atoms with Gasteiger partial charge in [0.05, 0.1) is 7.05 Å². The Hall–Kier alpha value is -0.310. The van der Waals surface area contributed by atoms with Gasteiger partial charge in [-0.15, -0.1) is 0 Å². The van der Waals surface area contributed by atoms with Gasteiger partial charge < -0.3 is 5.32 Å². The van der Waals surface area contributed by atoms with E-state index >= 15 is 0 Å². The molecule has 0 amide bonds. The van der Waals surface area contributed by atoms with E-state index in [9.17, 15) is 0 Å². The molecule has 0 aromatic carbocycles. The first-order chi connectivity index (χ1) is 4.72. The molecule has 1 heterocycles. The predicted octanol–water partition coefficient (Wildman–Crippen LogP) is 1.21. The van der Waals surface area contributed by atoms with Crippen LogP contribution in [0.4, 0.5) is 5.69 Å². The van der Waals surface area contributed by atoms with Crippen LogP contribution in [0.5, 0.6) is 0 Å². The molecule has 4 heteroatoms. The van der Waals surface area contributed by atoms with E-state index < -0.39 is 0 Å². The Morgan fingerprint density at radius 1 is 1.30 bits per heavy atom. The highest BCUT2D eigenvalue weighted by Gasteiger charge is 1.98. The van der Waals surface area contributed by atoms with Gasteiger partial charge in [-0.1, -0.05) is 23.2 Å². The summed E-state index contributed by atoms with van der Waals surface area (Å²) in [6.07, 6.45) is 0. The van der Waals surface area contributed by atoms with E-state index in [2.05, 4.69) is 4.98 Å². The van der Waals surface area contributed by atoms with Gasteiger partial charge >= 0.3 is 0 Å². The summed E-state index contributed by atoms with van der Waals surface area (Å²) in [5.74, 6) is 0. The van der Waals surface area contributed by atoms with E-state index in [0.717, 1.165) is 5.69 Å². The van der Waals surface area contributed by atoms with Crippen LogP contribution in [-0.2, 0) is 0 Å². The van der Waals surface area contributed by atoms with Crippen molar-refractivity contribution < 1.29 is 5.32 Å². The number of quaternary nitrogens is 1. The average Bonchev–Trinajstić information content (AvgIpc) is 1.85. The van der Waals surface area contributed by atoms with Gasteiger partial charge in [-0.05, 0) is 0 Å². The number of rotatable bonds is 1. The Morgan fingerprint density at radius 2 is 1.80 bits per heavy atom. The number of hydrogen-bond donors (Lipinski definition) is 1. The van der Waals surface area contributed by atoms with Crippen LogP contribution in [0.1, 0.15) is 0 Å². The molecule has 2 N–H and O–H groups in total. The van der Waals surface area contributed by atoms with E-state index in [0.29, 0.717) is 10.3 Å². The molecule has 0 aliphatic carbocycles. The zero-order chi connectivity index (χ0) is 7.56. The number of pyridine rings is 1. The quantitative estimate of drug-likeness (QED) is 0.643. The minimum atomic E-state index is 0.431. The smallest absolute Gasteiger partial charge is 0.136 e. The van der Waals surface area contributed by atoms with Crippen LogP contribution in [0.2, 0.25) is 10.3 Å². The summed E-state index contributed by atoms with van der Waals surface area (Å²) in [6, 6.07) is 3.51. The summed E-state index contributed by atoms with van der Waals surface area (Å²) in [7, 11) is 1.92. The lowest BCUT2D eigenvalue weighted by atomic mass is 10.4. The van der Waals surface area contributed by atoms with Crippen molar-refractivity contribution in [1.29, 1.82) is 0 Å². The Labute approximate surface area is 69.2 Å². The van der Waals surface area contributed by atoms with Crippen molar-refractivity contribution in [2.75, 3.05) is 7.05 Å². The predicted molar refractivity (Wildman–Crippen MR) is 41.8 cm³/mol. The largest absolute Gasteiger partial charge is 0.316 e. The first-order valence-electron chi connectivity index (χ1n) is 2.85. The molecule has 0 saturated carbocycles. The third-order valence-electron chi connectivity index (χ3n) is 1.12. The minimum Gasteiger partial charge on any atom is -0.316 e. The van der Waals surface area contributed by atoms with Crippen LogP contribution in [-0.4, -0.2) is 12.0 Å². The molecule has 0 bridgehead atoms. The molecule has 1 aromatic heterocycles. The molecule has 2 nitrogen and oxygen atoms in total. The van der Waals surface area contributed by atoms with Gasteiger partial charge in [0.25, 0.3) is 0 Å². The second-order valence-electron chi connectivity index (χ2n) is 1.83. The Bertz CT molecular complexity index is 217. The van der Waals surface area contributed by atoms with Gasteiger partial charge in [0, 0.05) is 12.1 Å². The van der Waals surface area contributed by atoms with Crippen molar-refractivity contribution in [2.45, 2.75) is 0 Å². The van der Waals surface area contributed by atoms with Gasteiger partial charge in [-0.3, -0.25) is 0 Å². The van der Waals surface area contributed by atoms with Crippen LogP contribution in [0.15, 0.2) is 12.1 Å². The van der Waals surface area contributed by atoms with E-state index in [4.69, 9.17) is 23.2 Å². The molecule has 0 aliphatic rings. The standard InChI is InChI=1S/C6H6Cl2N2/c1-9-4-2-5(7)10-6(8)3-4/h2-3H,1H3,(H,9,10)/p+1. The van der Waals surface area contributed by atoms with Crippen molar-refractivity contribution in [3.05, 3.63) is 22.4 Å². The lowest BCUT2D eigenvalue weighted by Gasteiger charge is -1.94. The molecule has 0 aliphatic heterocycles. The van der Waals surface area contributed by atoms with Gasteiger partial charge in [-0.2, -0.15) is 0 Å². The van der Waals surface area contributed by atoms with Crippen LogP contribution in [0, 0.1) is 0 Å². The van der Waals surface area contributed by atoms with Crippen LogP contribution >= 0.6 is 23.2 Å². The highest BCUT2D eigenvalue weighted by molar-refractivity contribution is 6.32. The van der Waals surface area contributed by atoms with E-state index in [1.165, 1.54) is 0 Å². The fraction of sp³-hybridized carbons (Fsp3) is 0.167. The molecule has 0 atom stereocenters. The van der Waals surface area contributed by atoms with Gasteiger partial charge in [0.2, 0.25) is 0 Å². The third-order valence-corrected chi connectivity index (χ3v) is 1.51. The maximum absolute atomic E-state index is 5.61. The van der Waals surface area contributed by atoms with Crippen molar-refractivity contribution in [2.24, 2.45) is 0 Å². The zero-order valence-electron chi connectivity index (χ0n) is 5.44. The highest BCUT2D eigenvalue weighted by atomic mass is 35.5. The molecule has 0 unspecified atom stereocenters. The van der Waals surface area contributed by atoms with Crippen LogP contribution in [0.25, 0.3) is 0 Å². The molecular formula is C6H7Cl2N2+. The zero-order valence-corrected chi connectivity index (χ0v) is 6.95. The topological polar surface area (TPSA) is 29.5 Å². The first kappa shape index (κ1) is 7.79. The second-order valence-corrected chi connectivity index (χ2v) is 2.61. The molecule has 10 heavy (non-hydrogen) atoms. The van der Waals surface area contributed by atoms with E-state index in [1.807, 2.05) is 12.4 Å². The molecule has 0 radical (unpaired) electrons. The average molecular weight is 178 g/mol. The number of nitrogens with two attached hydrogens (primary N) is 1. The summed E-state index contributed by atoms with van der Waals surface area (Å²) in [4.78, 5) is 3.79. The molecule has 1 aromatic rings. The third kappa shape index (κ3) is 1.84. The van der Waals surface area contributed by atoms with Crippen molar-refractivity contribution in [3.8, 4) is 0 Å². The molecular weight excluding hydrogens is 171 g/mol. The first-order valence-corrected chi connectivity index (χ1v) is 3.60. The molecule has 54 valence electrons. The van der Waals surface area contributed by atoms with Crippen molar-refractivity contribution in [3.63, 3.8) is 0 Å². The van der Waals surface area contributed by atoms with Crippen molar-refractivity contribution in [1.82, 2.24) is 4.98 Å². The van der Waals surface area contributed by atoms with E-state index in [-0.39, 0.29) is 0 Å². The second kappa shape index (κ2) is 3.19. The highest BCUT2D eigenvalue weighted by Crippen LogP contribution is 2.14. The number of halogens is 2. The maximum Gasteiger partial charge on any atom is 0.136 e. The molecule has 0 spiro atoms. The maximum atomic E-state index is 5.61. The Balaban J connectivity index is 3.06. The lowest BCUT2D eigenvalue weighted by Crippen LogP contribution is -2.72. The number of aromatic nitrogens is 1. The fourth-order valence-corrected chi connectivity index (χ4v) is 1.13. The van der Waals surface area contributed by atoms with Crippen LogP contribution in [0.3, 0.4) is 0 Å². The van der Waals surface area contributed by atoms with Crippen molar-refractivity contribution >= 4 is 28.9 Å². The van der Waals surface area contributed by atoms with E-state index in [1.54, 1.807) is 12.1 Å². The number of nitrogens with zero attached hydrogens (tertiary/aromatic N) is 1. The Kier molecular flexibility index (Phi) is 2.49. The summed E-state index contributed by atoms with van der Waals surface area (Å²) >= 11 is 11.2. The molecule has 0 fully saturated rings. The minimum absolute atomic E-state index is 0.431.